The lowest BCUT2D eigenvalue weighted by atomic mass is 9.95. The van der Waals surface area contributed by atoms with Crippen LogP contribution in [0.25, 0.3) is 0 Å². The third-order valence-electron chi connectivity index (χ3n) is 3.67. The summed E-state index contributed by atoms with van der Waals surface area (Å²) in [6.45, 7) is 1.72. The topological polar surface area (TPSA) is 109 Å². The minimum Gasteiger partial charge on any atom is -0.375 e. The summed E-state index contributed by atoms with van der Waals surface area (Å²) in [5.41, 5.74) is 9.15. The summed E-state index contributed by atoms with van der Waals surface area (Å²) in [4.78, 5) is 27.7. The lowest BCUT2D eigenvalue weighted by Crippen LogP contribution is -2.37. The van der Waals surface area contributed by atoms with Crippen LogP contribution in [0, 0.1) is 0 Å². The van der Waals surface area contributed by atoms with Crippen molar-refractivity contribution in [2.24, 2.45) is 5.10 Å². The number of nitrogens with two attached hydrogens (primary N) is 1. The Hall–Kier alpha value is -1.96. The average molecular weight is 337 g/mol. The van der Waals surface area contributed by atoms with E-state index in [-0.39, 0.29) is 30.7 Å². The number of nitrogens with one attached hydrogen (secondary N) is 2. The highest BCUT2D eigenvalue weighted by Gasteiger charge is 2.16. The number of hydrogen-bond donors (Lipinski definition) is 3. The zero-order chi connectivity index (χ0) is 16.7. The third kappa shape index (κ3) is 6.35. The predicted molar refractivity (Wildman–Crippen MR) is 91.1 cm³/mol. The second kappa shape index (κ2) is 8.61. The van der Waals surface area contributed by atoms with E-state index in [1.807, 2.05) is 0 Å². The van der Waals surface area contributed by atoms with Gasteiger partial charge in [-0.1, -0.05) is 19.3 Å². The van der Waals surface area contributed by atoms with Crippen molar-refractivity contribution < 1.29 is 9.59 Å². The summed E-state index contributed by atoms with van der Waals surface area (Å²) in [6.07, 6.45) is 6.03. The fraction of sp³-hybridized carbons (Fsp3) is 0.600. The fourth-order valence-corrected chi connectivity index (χ4v) is 3.13. The Labute approximate surface area is 139 Å². The zero-order valence-electron chi connectivity index (χ0n) is 13.3. The molecule has 1 aromatic rings. The van der Waals surface area contributed by atoms with Gasteiger partial charge in [-0.3, -0.25) is 9.59 Å². The van der Waals surface area contributed by atoms with Crippen molar-refractivity contribution >= 4 is 34.0 Å². The highest BCUT2D eigenvalue weighted by Crippen LogP contribution is 2.17. The molecule has 2 rings (SSSR count). The summed E-state index contributed by atoms with van der Waals surface area (Å²) in [7, 11) is 0. The molecule has 7 nitrogen and oxygen atoms in total. The van der Waals surface area contributed by atoms with Crippen LogP contribution < -0.4 is 16.5 Å². The van der Waals surface area contributed by atoms with E-state index in [0.29, 0.717) is 16.5 Å². The number of rotatable bonds is 6. The summed E-state index contributed by atoms with van der Waals surface area (Å²) in [6, 6.07) is 0.286. The second-order valence-electron chi connectivity index (χ2n) is 5.82. The van der Waals surface area contributed by atoms with Crippen LogP contribution in [0.1, 0.15) is 51.1 Å². The number of hydrogen-bond acceptors (Lipinski definition) is 6. The maximum atomic E-state index is 11.9. The number of carbonyl (C=O) groups excluding carboxylic acids is 2. The van der Waals surface area contributed by atoms with Crippen molar-refractivity contribution in [1.82, 2.24) is 15.7 Å². The first-order valence-electron chi connectivity index (χ1n) is 7.84. The van der Waals surface area contributed by atoms with Gasteiger partial charge in [-0.15, -0.1) is 11.3 Å². The van der Waals surface area contributed by atoms with Gasteiger partial charge in [0.2, 0.25) is 11.8 Å². The molecule has 1 aliphatic rings. The molecule has 23 heavy (non-hydrogen) atoms. The van der Waals surface area contributed by atoms with Gasteiger partial charge in [-0.05, 0) is 19.8 Å². The van der Waals surface area contributed by atoms with E-state index in [1.54, 1.807) is 12.3 Å². The molecule has 0 saturated heterocycles. The number of amides is 2. The van der Waals surface area contributed by atoms with Gasteiger partial charge in [-0.25, -0.2) is 10.4 Å². The third-order valence-corrected chi connectivity index (χ3v) is 4.39. The Balaban J connectivity index is 1.71. The first-order valence-corrected chi connectivity index (χ1v) is 8.72. The highest BCUT2D eigenvalue weighted by molar-refractivity contribution is 7.13. The van der Waals surface area contributed by atoms with Crippen molar-refractivity contribution in [3.8, 4) is 0 Å². The summed E-state index contributed by atoms with van der Waals surface area (Å²) < 4.78 is 0. The minimum atomic E-state index is -0.276. The number of nitrogen functional groups attached to an aromatic ring is 1. The largest absolute Gasteiger partial charge is 0.375 e. The lowest BCUT2D eigenvalue weighted by Gasteiger charge is -2.22. The monoisotopic (exact) mass is 337 g/mol. The second-order valence-corrected chi connectivity index (χ2v) is 6.70. The Morgan fingerprint density at radius 3 is 2.74 bits per heavy atom. The van der Waals surface area contributed by atoms with Gasteiger partial charge in [0, 0.05) is 17.1 Å². The quantitative estimate of drug-likeness (QED) is 0.541. The molecule has 0 spiro atoms. The molecular weight excluding hydrogens is 314 g/mol. The molecule has 2 amide bonds. The maximum absolute atomic E-state index is 11.9. The van der Waals surface area contributed by atoms with Crippen LogP contribution in [0.5, 0.6) is 0 Å². The normalized spacial score (nSPS) is 16.1. The molecule has 126 valence electrons. The van der Waals surface area contributed by atoms with Gasteiger partial charge in [0.15, 0.2) is 5.13 Å². The Morgan fingerprint density at radius 1 is 1.35 bits per heavy atom. The van der Waals surface area contributed by atoms with Gasteiger partial charge in [0.05, 0.1) is 18.5 Å². The van der Waals surface area contributed by atoms with Crippen molar-refractivity contribution in [3.63, 3.8) is 0 Å². The molecule has 4 N–H and O–H groups in total. The molecule has 8 heteroatoms. The highest BCUT2D eigenvalue weighted by atomic mass is 32.1. The van der Waals surface area contributed by atoms with Crippen LogP contribution >= 0.6 is 11.3 Å². The summed E-state index contributed by atoms with van der Waals surface area (Å²) >= 11 is 1.29. The molecule has 0 atom stereocenters. The number of hydrazone groups is 1. The van der Waals surface area contributed by atoms with E-state index in [0.717, 1.165) is 12.8 Å². The van der Waals surface area contributed by atoms with Crippen LogP contribution in [0.15, 0.2) is 10.5 Å². The smallest absolute Gasteiger partial charge is 0.246 e. The van der Waals surface area contributed by atoms with E-state index in [1.165, 1.54) is 30.6 Å². The van der Waals surface area contributed by atoms with E-state index >= 15 is 0 Å². The maximum Gasteiger partial charge on any atom is 0.246 e. The van der Waals surface area contributed by atoms with E-state index < -0.39 is 0 Å². The molecule has 0 radical (unpaired) electrons. The van der Waals surface area contributed by atoms with Gasteiger partial charge in [0.1, 0.15) is 0 Å². The molecule has 1 heterocycles. The van der Waals surface area contributed by atoms with Crippen molar-refractivity contribution in [2.45, 2.75) is 57.9 Å². The van der Waals surface area contributed by atoms with Crippen molar-refractivity contribution in [1.29, 1.82) is 0 Å². The van der Waals surface area contributed by atoms with E-state index in [9.17, 15) is 9.59 Å². The first-order chi connectivity index (χ1) is 11.0. The minimum absolute atomic E-state index is 0.0420. The molecule has 1 fully saturated rings. The molecule has 1 saturated carbocycles. The predicted octanol–water partition coefficient (Wildman–Crippen LogP) is 1.60. The van der Waals surface area contributed by atoms with Crippen LogP contribution in [0.4, 0.5) is 5.13 Å². The molecule has 1 aromatic heterocycles. The number of aromatic nitrogens is 1. The Morgan fingerprint density at radius 2 is 2.09 bits per heavy atom. The van der Waals surface area contributed by atoms with Gasteiger partial charge in [0.25, 0.3) is 0 Å². The number of nitrogens with zero attached hydrogens (tertiary/aromatic N) is 2. The number of carbonyl (C=O) groups is 2. The molecule has 0 bridgehead atoms. The van der Waals surface area contributed by atoms with Crippen LogP contribution in [0.2, 0.25) is 0 Å². The van der Waals surface area contributed by atoms with E-state index in [2.05, 4.69) is 20.8 Å². The van der Waals surface area contributed by atoms with Crippen LogP contribution in [-0.4, -0.2) is 28.6 Å². The molecule has 0 unspecified atom stereocenters. The van der Waals surface area contributed by atoms with Crippen LogP contribution in [0.3, 0.4) is 0 Å². The van der Waals surface area contributed by atoms with Crippen molar-refractivity contribution in [3.05, 3.63) is 11.1 Å². The number of thiazole rings is 1. The fourth-order valence-electron chi connectivity index (χ4n) is 2.56. The van der Waals surface area contributed by atoms with Gasteiger partial charge < -0.3 is 11.1 Å². The van der Waals surface area contributed by atoms with Crippen LogP contribution in [-0.2, 0) is 16.0 Å². The van der Waals surface area contributed by atoms with E-state index in [4.69, 9.17) is 5.73 Å². The number of anilines is 1. The molecule has 0 aliphatic heterocycles. The molecule has 1 aliphatic carbocycles. The summed E-state index contributed by atoms with van der Waals surface area (Å²) in [5.74, 6) is -0.318. The zero-order valence-corrected chi connectivity index (χ0v) is 14.1. The van der Waals surface area contributed by atoms with Gasteiger partial charge in [-0.2, -0.15) is 5.10 Å². The molecular formula is C15H23N5O2S. The summed E-state index contributed by atoms with van der Waals surface area (Å²) in [5, 5.41) is 9.16. The Kier molecular flexibility index (Phi) is 6.52. The van der Waals surface area contributed by atoms with Gasteiger partial charge >= 0.3 is 0 Å². The standard InChI is InChI=1S/C15H23N5O2S/c1-10(7-13(21)17-11-5-3-2-4-6-11)19-20-14(22)8-12-9-23-15(16)18-12/h9,11H,2-8H2,1H3,(H2,16,18)(H,17,21)(H,20,22). The molecule has 0 aromatic carbocycles. The van der Waals surface area contributed by atoms with Crippen molar-refractivity contribution in [2.75, 3.05) is 5.73 Å². The SMILES string of the molecule is CC(CC(=O)NC1CCCCC1)=NNC(=O)Cc1csc(N)n1. The lowest BCUT2D eigenvalue weighted by molar-refractivity contribution is -0.121. The Bertz CT molecular complexity index is 578. The first kappa shape index (κ1) is 17.4. The average Bonchev–Trinajstić information content (AvgIpc) is 2.91.